The minimum atomic E-state index is 0.244. The molecule has 0 aliphatic heterocycles. The van der Waals surface area contributed by atoms with Crippen LogP contribution in [0.2, 0.25) is 0 Å². The molecular weight excluding hydrogens is 256 g/mol. The molecule has 1 aromatic heterocycles. The van der Waals surface area contributed by atoms with E-state index < -0.39 is 0 Å². The monoisotopic (exact) mass is 280 g/mol. The van der Waals surface area contributed by atoms with Crippen LogP contribution in [0.5, 0.6) is 0 Å². The molecule has 106 valence electrons. The van der Waals surface area contributed by atoms with Crippen LogP contribution in [0.15, 0.2) is 18.7 Å². The summed E-state index contributed by atoms with van der Waals surface area (Å²) in [5.74, 6) is 1.34. The molecule has 1 heterocycles. The van der Waals surface area contributed by atoms with Gasteiger partial charge in [-0.3, -0.25) is 4.57 Å². The number of aromatic nitrogens is 2. The summed E-state index contributed by atoms with van der Waals surface area (Å²) in [7, 11) is 0. The summed E-state index contributed by atoms with van der Waals surface area (Å²) in [6.07, 6.45) is 9.02. The van der Waals surface area contributed by atoms with Crippen molar-refractivity contribution >= 4 is 17.4 Å². The van der Waals surface area contributed by atoms with Crippen molar-refractivity contribution in [3.63, 3.8) is 0 Å². The van der Waals surface area contributed by atoms with Gasteiger partial charge in [0.1, 0.15) is 12.4 Å². The Kier molecular flexibility index (Phi) is 4.29. The molecule has 1 aromatic rings. The Balaban J connectivity index is 1.92. The van der Waals surface area contributed by atoms with Gasteiger partial charge in [-0.15, -0.1) is 0 Å². The van der Waals surface area contributed by atoms with E-state index in [2.05, 4.69) is 32.7 Å². The average molecular weight is 280 g/mol. The summed E-state index contributed by atoms with van der Waals surface area (Å²) >= 11 is 5.31. The second-order valence-electron chi connectivity index (χ2n) is 6.75. The molecule has 3 atom stereocenters. The van der Waals surface area contributed by atoms with E-state index in [1.807, 2.05) is 6.20 Å². The summed E-state index contributed by atoms with van der Waals surface area (Å²) in [6.45, 7) is 9.28. The van der Waals surface area contributed by atoms with Crippen molar-refractivity contribution in [3.8, 4) is 0 Å². The van der Waals surface area contributed by atoms with Crippen LogP contribution in [0.25, 0.3) is 0 Å². The summed E-state index contributed by atoms with van der Waals surface area (Å²) in [5.41, 5.74) is 0.393. The van der Waals surface area contributed by atoms with Gasteiger partial charge < -0.3 is 4.74 Å². The third kappa shape index (κ3) is 3.56. The fourth-order valence-corrected chi connectivity index (χ4v) is 3.12. The van der Waals surface area contributed by atoms with Gasteiger partial charge in [-0.05, 0) is 48.7 Å². The van der Waals surface area contributed by atoms with Crippen molar-refractivity contribution in [3.05, 3.63) is 18.7 Å². The van der Waals surface area contributed by atoms with Gasteiger partial charge in [0.2, 0.25) is 0 Å². The highest BCUT2D eigenvalue weighted by Crippen LogP contribution is 2.41. The second-order valence-corrected chi connectivity index (χ2v) is 7.09. The third-order valence-electron chi connectivity index (χ3n) is 4.28. The molecule has 3 nitrogen and oxygen atoms in total. The molecule has 4 heteroatoms. The van der Waals surface area contributed by atoms with Crippen LogP contribution in [0.1, 0.15) is 47.0 Å². The fraction of sp³-hybridized carbons (Fsp3) is 0.733. The lowest BCUT2D eigenvalue weighted by atomic mass is 9.68. The zero-order valence-electron chi connectivity index (χ0n) is 12.3. The second kappa shape index (κ2) is 5.61. The van der Waals surface area contributed by atoms with Gasteiger partial charge in [0.15, 0.2) is 0 Å². The number of nitrogens with zero attached hydrogens (tertiary/aromatic N) is 2. The quantitative estimate of drug-likeness (QED) is 0.730. The van der Waals surface area contributed by atoms with E-state index in [1.54, 1.807) is 17.1 Å². The molecular formula is C15H24N2OS. The molecule has 19 heavy (non-hydrogen) atoms. The summed E-state index contributed by atoms with van der Waals surface area (Å²) in [4.78, 5) is 4.00. The summed E-state index contributed by atoms with van der Waals surface area (Å²) in [5, 5.41) is 0.517. The zero-order valence-corrected chi connectivity index (χ0v) is 13.1. The molecule has 0 amide bonds. The number of rotatable bonds is 1. The van der Waals surface area contributed by atoms with E-state index in [0.29, 0.717) is 16.5 Å². The number of imidazole rings is 1. The van der Waals surface area contributed by atoms with Crippen LogP contribution in [-0.4, -0.2) is 20.8 Å². The maximum atomic E-state index is 5.96. The van der Waals surface area contributed by atoms with Crippen molar-refractivity contribution in [2.45, 2.75) is 53.1 Å². The standard InChI is InChI=1S/C15H24N2OS/c1-11-9-12(15(2,3)4)5-6-13(11)18-14(19)17-8-7-16-10-17/h7-8,10-13H,5-6,9H2,1-4H3/t11-,12-,13+/m1/s1. The highest BCUT2D eigenvalue weighted by molar-refractivity contribution is 7.80. The Morgan fingerprint density at radius 2 is 2.11 bits per heavy atom. The van der Waals surface area contributed by atoms with E-state index in [-0.39, 0.29) is 6.10 Å². The minimum absolute atomic E-state index is 0.244. The van der Waals surface area contributed by atoms with Crippen LogP contribution in [0.4, 0.5) is 0 Å². The molecule has 0 bridgehead atoms. The van der Waals surface area contributed by atoms with E-state index in [4.69, 9.17) is 17.0 Å². The van der Waals surface area contributed by atoms with E-state index in [0.717, 1.165) is 12.3 Å². The van der Waals surface area contributed by atoms with Crippen molar-refractivity contribution < 1.29 is 4.74 Å². The number of ether oxygens (including phenoxy) is 1. The van der Waals surface area contributed by atoms with Crippen LogP contribution in [0.3, 0.4) is 0 Å². The van der Waals surface area contributed by atoms with Crippen molar-refractivity contribution in [2.24, 2.45) is 17.3 Å². The normalized spacial score (nSPS) is 28.1. The zero-order chi connectivity index (χ0) is 14.0. The first-order valence-corrected chi connectivity index (χ1v) is 7.47. The topological polar surface area (TPSA) is 27.1 Å². The van der Waals surface area contributed by atoms with Crippen molar-refractivity contribution in [1.29, 1.82) is 0 Å². The molecule has 2 rings (SSSR count). The van der Waals surface area contributed by atoms with E-state index in [9.17, 15) is 0 Å². The number of hydrogen-bond acceptors (Lipinski definition) is 3. The maximum absolute atomic E-state index is 5.96. The average Bonchev–Trinajstić information content (AvgIpc) is 2.84. The predicted molar refractivity (Wildman–Crippen MR) is 81.1 cm³/mol. The highest BCUT2D eigenvalue weighted by Gasteiger charge is 2.35. The van der Waals surface area contributed by atoms with Crippen LogP contribution in [0, 0.1) is 17.3 Å². The lowest BCUT2D eigenvalue weighted by molar-refractivity contribution is 0.0356. The maximum Gasteiger partial charge on any atom is 0.269 e. The first kappa shape index (κ1) is 14.5. The number of thiocarbonyl (C=S) groups is 1. The van der Waals surface area contributed by atoms with E-state index in [1.165, 1.54) is 12.8 Å². The van der Waals surface area contributed by atoms with Crippen LogP contribution >= 0.6 is 12.2 Å². The largest absolute Gasteiger partial charge is 0.467 e. The Morgan fingerprint density at radius 3 is 2.63 bits per heavy atom. The molecule has 0 N–H and O–H groups in total. The Morgan fingerprint density at radius 1 is 1.37 bits per heavy atom. The molecule has 1 fully saturated rings. The van der Waals surface area contributed by atoms with Gasteiger partial charge in [0.25, 0.3) is 5.17 Å². The van der Waals surface area contributed by atoms with E-state index >= 15 is 0 Å². The molecule has 1 aliphatic carbocycles. The molecule has 1 saturated carbocycles. The summed E-state index contributed by atoms with van der Waals surface area (Å²) < 4.78 is 7.73. The molecule has 0 aromatic carbocycles. The Labute approximate surface area is 121 Å². The molecule has 0 unspecified atom stereocenters. The highest BCUT2D eigenvalue weighted by atomic mass is 32.1. The lowest BCUT2D eigenvalue weighted by Crippen LogP contribution is -2.36. The van der Waals surface area contributed by atoms with Crippen LogP contribution in [-0.2, 0) is 4.74 Å². The fourth-order valence-electron chi connectivity index (χ4n) is 2.89. The number of hydrogen-bond donors (Lipinski definition) is 0. The smallest absolute Gasteiger partial charge is 0.269 e. The molecule has 1 aliphatic rings. The van der Waals surface area contributed by atoms with Gasteiger partial charge in [-0.25, -0.2) is 4.98 Å². The predicted octanol–water partition coefficient (Wildman–Crippen LogP) is 3.88. The third-order valence-corrected chi connectivity index (χ3v) is 4.59. The van der Waals surface area contributed by atoms with Gasteiger partial charge in [0, 0.05) is 12.4 Å². The SMILES string of the molecule is C[C@@H]1C[C@H](C(C)(C)C)CC[C@@H]1OC(=S)n1ccnc1. The van der Waals surface area contributed by atoms with Gasteiger partial charge in [0.05, 0.1) is 0 Å². The Hall–Kier alpha value is -0.900. The molecule has 0 spiro atoms. The van der Waals surface area contributed by atoms with Crippen molar-refractivity contribution in [1.82, 2.24) is 9.55 Å². The lowest BCUT2D eigenvalue weighted by Gasteiger charge is -2.40. The molecule has 0 radical (unpaired) electrons. The van der Waals surface area contributed by atoms with Crippen molar-refractivity contribution in [2.75, 3.05) is 0 Å². The Bertz CT molecular complexity index is 422. The van der Waals surface area contributed by atoms with Gasteiger partial charge >= 0.3 is 0 Å². The van der Waals surface area contributed by atoms with Crippen LogP contribution < -0.4 is 0 Å². The first-order chi connectivity index (χ1) is 8.88. The van der Waals surface area contributed by atoms with Gasteiger partial charge in [-0.1, -0.05) is 27.7 Å². The molecule has 0 saturated heterocycles. The minimum Gasteiger partial charge on any atom is -0.467 e. The summed E-state index contributed by atoms with van der Waals surface area (Å²) in [6, 6.07) is 0. The van der Waals surface area contributed by atoms with Gasteiger partial charge in [-0.2, -0.15) is 0 Å². The first-order valence-electron chi connectivity index (χ1n) is 7.07.